The van der Waals surface area contributed by atoms with Crippen LogP contribution in [-0.2, 0) is 11.3 Å². The average molecular weight is 307 g/mol. The molecule has 0 saturated carbocycles. The summed E-state index contributed by atoms with van der Waals surface area (Å²) in [6.07, 6.45) is 0. The summed E-state index contributed by atoms with van der Waals surface area (Å²) in [5.74, 6) is -0.864. The number of hydrogen-bond donors (Lipinski definition) is 2. The lowest BCUT2D eigenvalue weighted by Gasteiger charge is -2.25. The molecule has 0 aliphatic carbocycles. The Morgan fingerprint density at radius 2 is 2.10 bits per heavy atom. The molecule has 114 valence electrons. The van der Waals surface area contributed by atoms with Crippen LogP contribution < -0.4 is 5.32 Å². The van der Waals surface area contributed by atoms with Gasteiger partial charge in [0.2, 0.25) is 0 Å². The molecule has 0 saturated heterocycles. The average Bonchev–Trinajstić information content (AvgIpc) is 2.78. The zero-order valence-corrected chi connectivity index (χ0v) is 13.4. The minimum absolute atomic E-state index is 0.260. The zero-order valence-electron chi connectivity index (χ0n) is 12.6. The molecule has 0 radical (unpaired) electrons. The van der Waals surface area contributed by atoms with E-state index >= 15 is 0 Å². The molecule has 0 aliphatic heterocycles. The van der Waals surface area contributed by atoms with E-state index in [1.807, 2.05) is 45.0 Å². The Hall–Kier alpha value is -1.43. The van der Waals surface area contributed by atoms with Crippen molar-refractivity contribution >= 4 is 27.4 Å². The summed E-state index contributed by atoms with van der Waals surface area (Å²) in [4.78, 5) is 11.8. The van der Waals surface area contributed by atoms with E-state index in [-0.39, 0.29) is 5.60 Å². The van der Waals surface area contributed by atoms with E-state index in [1.165, 1.54) is 11.3 Å². The maximum atomic E-state index is 11.4. The second-order valence-electron chi connectivity index (χ2n) is 5.51. The molecule has 0 aliphatic rings. The quantitative estimate of drug-likeness (QED) is 0.822. The molecule has 2 N–H and O–H groups in total. The van der Waals surface area contributed by atoms with Crippen LogP contribution in [0.4, 0.5) is 0 Å². The van der Waals surface area contributed by atoms with E-state index in [1.54, 1.807) is 0 Å². The first-order valence-electron chi connectivity index (χ1n) is 7.03. The van der Waals surface area contributed by atoms with E-state index in [9.17, 15) is 9.90 Å². The van der Waals surface area contributed by atoms with Crippen molar-refractivity contribution in [3.05, 3.63) is 34.7 Å². The summed E-state index contributed by atoms with van der Waals surface area (Å²) >= 11 is 1.33. The number of carbonyl (C=O) groups is 1. The molecule has 2 aromatic rings. The standard InChI is InChI=1S/C16H21NO3S/c1-4-20-16(2,3)10-17-9-12-11-7-5-6-8-13(11)21-14(12)15(18)19/h5-8,17H,4,9-10H2,1-3H3,(H,18,19). The fraction of sp³-hybridized carbons (Fsp3) is 0.438. The fourth-order valence-electron chi connectivity index (χ4n) is 2.38. The van der Waals surface area contributed by atoms with Crippen LogP contribution in [0.25, 0.3) is 10.1 Å². The normalized spacial score (nSPS) is 12.0. The van der Waals surface area contributed by atoms with Gasteiger partial charge in [0.15, 0.2) is 0 Å². The molecule has 0 spiro atoms. The lowest BCUT2D eigenvalue weighted by Crippen LogP contribution is -2.37. The predicted molar refractivity (Wildman–Crippen MR) is 86.2 cm³/mol. The lowest BCUT2D eigenvalue weighted by atomic mass is 10.1. The van der Waals surface area contributed by atoms with Gasteiger partial charge in [-0.3, -0.25) is 0 Å². The van der Waals surface area contributed by atoms with Crippen LogP contribution >= 0.6 is 11.3 Å². The molecule has 0 bridgehead atoms. The first-order chi connectivity index (χ1) is 9.94. The minimum atomic E-state index is -0.864. The Kier molecular flexibility index (Phi) is 4.98. The molecule has 0 atom stereocenters. The van der Waals surface area contributed by atoms with Crippen molar-refractivity contribution in [2.24, 2.45) is 0 Å². The SMILES string of the molecule is CCOC(C)(C)CNCc1c(C(=O)O)sc2ccccc12. The van der Waals surface area contributed by atoms with Crippen molar-refractivity contribution in [3.63, 3.8) is 0 Å². The Morgan fingerprint density at radius 1 is 1.38 bits per heavy atom. The predicted octanol–water partition coefficient (Wildman–Crippen LogP) is 3.50. The Bertz CT molecular complexity index is 633. The molecule has 0 amide bonds. The molecular weight excluding hydrogens is 286 g/mol. The number of carboxylic acids is 1. The van der Waals surface area contributed by atoms with Gasteiger partial charge in [0.1, 0.15) is 4.88 Å². The van der Waals surface area contributed by atoms with Crippen LogP contribution in [0.2, 0.25) is 0 Å². The van der Waals surface area contributed by atoms with Crippen molar-refractivity contribution in [2.45, 2.75) is 32.9 Å². The summed E-state index contributed by atoms with van der Waals surface area (Å²) in [5, 5.41) is 13.7. The molecule has 1 aromatic heterocycles. The summed E-state index contributed by atoms with van der Waals surface area (Å²) in [5.41, 5.74) is 0.597. The van der Waals surface area contributed by atoms with Gasteiger partial charge in [-0.05, 0) is 37.8 Å². The van der Waals surface area contributed by atoms with Gasteiger partial charge in [0.05, 0.1) is 5.60 Å². The third kappa shape index (κ3) is 3.81. The fourth-order valence-corrected chi connectivity index (χ4v) is 3.44. The number of ether oxygens (including phenoxy) is 1. The monoisotopic (exact) mass is 307 g/mol. The Morgan fingerprint density at radius 3 is 2.76 bits per heavy atom. The molecule has 0 unspecified atom stereocenters. The second-order valence-corrected chi connectivity index (χ2v) is 6.56. The van der Waals surface area contributed by atoms with Crippen LogP contribution in [0.1, 0.15) is 36.0 Å². The number of rotatable bonds is 7. The summed E-state index contributed by atoms with van der Waals surface area (Å²) in [6.45, 7) is 7.87. The molecule has 0 fully saturated rings. The van der Waals surface area contributed by atoms with Crippen LogP contribution in [-0.4, -0.2) is 29.8 Å². The number of thiophene rings is 1. The highest BCUT2D eigenvalue weighted by molar-refractivity contribution is 7.21. The number of benzene rings is 1. The number of aromatic carboxylic acids is 1. The largest absolute Gasteiger partial charge is 0.477 e. The number of carboxylic acid groups (broad SMARTS) is 1. The lowest BCUT2D eigenvalue weighted by molar-refractivity contribution is -0.00895. The highest BCUT2D eigenvalue weighted by atomic mass is 32.1. The van der Waals surface area contributed by atoms with Crippen molar-refractivity contribution in [1.29, 1.82) is 0 Å². The second kappa shape index (κ2) is 6.56. The van der Waals surface area contributed by atoms with E-state index < -0.39 is 5.97 Å². The summed E-state index contributed by atoms with van der Waals surface area (Å²) in [6, 6.07) is 7.80. The van der Waals surface area contributed by atoms with Gasteiger partial charge >= 0.3 is 5.97 Å². The molecule has 1 heterocycles. The highest BCUT2D eigenvalue weighted by Crippen LogP contribution is 2.31. The summed E-state index contributed by atoms with van der Waals surface area (Å²) in [7, 11) is 0. The first kappa shape index (κ1) is 15.9. The Labute approximate surface area is 128 Å². The maximum Gasteiger partial charge on any atom is 0.346 e. The maximum absolute atomic E-state index is 11.4. The zero-order chi connectivity index (χ0) is 15.5. The van der Waals surface area contributed by atoms with Crippen LogP contribution in [0.15, 0.2) is 24.3 Å². The smallest absolute Gasteiger partial charge is 0.346 e. The number of nitrogens with one attached hydrogen (secondary N) is 1. The third-order valence-electron chi connectivity index (χ3n) is 3.28. The topological polar surface area (TPSA) is 58.6 Å². The van der Waals surface area contributed by atoms with Gasteiger partial charge in [-0.15, -0.1) is 11.3 Å². The van der Waals surface area contributed by atoms with Crippen LogP contribution in [0.5, 0.6) is 0 Å². The van der Waals surface area contributed by atoms with Crippen LogP contribution in [0, 0.1) is 0 Å². The van der Waals surface area contributed by atoms with Gasteiger partial charge in [0.25, 0.3) is 0 Å². The molecule has 4 nitrogen and oxygen atoms in total. The van der Waals surface area contributed by atoms with Crippen molar-refractivity contribution in [1.82, 2.24) is 5.32 Å². The highest BCUT2D eigenvalue weighted by Gasteiger charge is 2.20. The van der Waals surface area contributed by atoms with E-state index in [0.29, 0.717) is 24.6 Å². The third-order valence-corrected chi connectivity index (χ3v) is 4.48. The van der Waals surface area contributed by atoms with Crippen molar-refractivity contribution < 1.29 is 14.6 Å². The van der Waals surface area contributed by atoms with E-state index in [4.69, 9.17) is 4.74 Å². The Balaban J connectivity index is 2.17. The van der Waals surface area contributed by atoms with Gasteiger partial charge in [0, 0.05) is 24.4 Å². The molecule has 2 rings (SSSR count). The minimum Gasteiger partial charge on any atom is -0.477 e. The van der Waals surface area contributed by atoms with Gasteiger partial charge in [-0.2, -0.15) is 0 Å². The molecule has 1 aromatic carbocycles. The van der Waals surface area contributed by atoms with Gasteiger partial charge < -0.3 is 15.2 Å². The van der Waals surface area contributed by atoms with E-state index in [2.05, 4.69) is 5.32 Å². The number of fused-ring (bicyclic) bond motifs is 1. The van der Waals surface area contributed by atoms with Crippen LogP contribution in [0.3, 0.4) is 0 Å². The molecular formula is C16H21NO3S. The molecule has 5 heteroatoms. The first-order valence-corrected chi connectivity index (χ1v) is 7.84. The summed E-state index contributed by atoms with van der Waals surface area (Å²) < 4.78 is 6.65. The van der Waals surface area contributed by atoms with Gasteiger partial charge in [-0.25, -0.2) is 4.79 Å². The molecule has 21 heavy (non-hydrogen) atoms. The number of hydrogen-bond acceptors (Lipinski definition) is 4. The van der Waals surface area contributed by atoms with Gasteiger partial charge in [-0.1, -0.05) is 18.2 Å². The van der Waals surface area contributed by atoms with Crippen molar-refractivity contribution in [3.8, 4) is 0 Å². The van der Waals surface area contributed by atoms with Crippen molar-refractivity contribution in [2.75, 3.05) is 13.2 Å². The van der Waals surface area contributed by atoms with E-state index in [0.717, 1.165) is 15.6 Å².